The fourth-order valence-electron chi connectivity index (χ4n) is 1.63. The van der Waals surface area contributed by atoms with Crippen LogP contribution in [0.5, 0.6) is 5.75 Å². The van der Waals surface area contributed by atoms with Gasteiger partial charge in [0.15, 0.2) is 0 Å². The number of carbonyl (C=O) groups is 1. The van der Waals surface area contributed by atoms with Crippen molar-refractivity contribution in [1.29, 1.82) is 0 Å². The van der Waals surface area contributed by atoms with Gasteiger partial charge in [-0.25, -0.2) is 4.79 Å². The van der Waals surface area contributed by atoms with Gasteiger partial charge in [0.25, 0.3) is 0 Å². The maximum Gasteiger partial charge on any atom is 0.338 e. The van der Waals surface area contributed by atoms with Gasteiger partial charge in [-0.1, -0.05) is 26.2 Å². The highest BCUT2D eigenvalue weighted by Crippen LogP contribution is 2.13. The molecule has 0 bridgehead atoms. The molecule has 0 fully saturated rings. The highest BCUT2D eigenvalue weighted by Gasteiger charge is 2.06. The third kappa shape index (κ3) is 5.21. The summed E-state index contributed by atoms with van der Waals surface area (Å²) < 4.78 is 10.5. The van der Waals surface area contributed by atoms with Crippen LogP contribution in [0, 0.1) is 0 Å². The Balaban J connectivity index is 2.32. The summed E-state index contributed by atoms with van der Waals surface area (Å²) in [6.45, 7) is 5.22. The van der Waals surface area contributed by atoms with Crippen LogP contribution in [0.4, 0.5) is 0 Å². The van der Waals surface area contributed by atoms with E-state index in [4.69, 9.17) is 9.47 Å². The van der Waals surface area contributed by atoms with Gasteiger partial charge in [-0.2, -0.15) is 0 Å². The molecule has 0 heterocycles. The minimum absolute atomic E-state index is 0.255. The first-order valence-electron chi connectivity index (χ1n) is 6.68. The van der Waals surface area contributed by atoms with Crippen molar-refractivity contribution in [2.24, 2.45) is 0 Å². The zero-order chi connectivity index (χ0) is 13.2. The zero-order valence-electron chi connectivity index (χ0n) is 11.3. The monoisotopic (exact) mass is 250 g/mol. The fraction of sp³-hybridized carbons (Fsp3) is 0.533. The van der Waals surface area contributed by atoms with Crippen LogP contribution >= 0.6 is 0 Å². The Labute approximate surface area is 109 Å². The van der Waals surface area contributed by atoms with E-state index in [1.165, 1.54) is 12.8 Å². The molecule has 3 heteroatoms. The fourth-order valence-corrected chi connectivity index (χ4v) is 1.63. The highest BCUT2D eigenvalue weighted by molar-refractivity contribution is 5.89. The first-order chi connectivity index (χ1) is 8.77. The van der Waals surface area contributed by atoms with Crippen LogP contribution in [0.3, 0.4) is 0 Å². The lowest BCUT2D eigenvalue weighted by atomic mass is 10.2. The van der Waals surface area contributed by atoms with Crippen LogP contribution in [0.25, 0.3) is 0 Å². The summed E-state index contributed by atoms with van der Waals surface area (Å²) in [5, 5.41) is 0. The maximum absolute atomic E-state index is 11.7. The topological polar surface area (TPSA) is 35.5 Å². The van der Waals surface area contributed by atoms with E-state index < -0.39 is 0 Å². The first kappa shape index (κ1) is 14.6. The van der Waals surface area contributed by atoms with Gasteiger partial charge in [-0.05, 0) is 37.6 Å². The summed E-state index contributed by atoms with van der Waals surface area (Å²) in [5.74, 6) is 0.520. The van der Waals surface area contributed by atoms with Gasteiger partial charge in [-0.15, -0.1) is 0 Å². The molecule has 100 valence electrons. The molecule has 0 atom stereocenters. The summed E-state index contributed by atoms with van der Waals surface area (Å²) >= 11 is 0. The molecular formula is C15H22O3. The Morgan fingerprint density at radius 2 is 1.78 bits per heavy atom. The first-order valence-corrected chi connectivity index (χ1v) is 6.68. The SMILES string of the molecule is CCCCCCOC(=O)c1ccc(OCC)cc1. The predicted molar refractivity (Wildman–Crippen MR) is 72.0 cm³/mol. The average molecular weight is 250 g/mol. The molecule has 1 aromatic rings. The number of esters is 1. The summed E-state index contributed by atoms with van der Waals surface area (Å²) in [7, 11) is 0. The van der Waals surface area contributed by atoms with Crippen molar-refractivity contribution in [1.82, 2.24) is 0 Å². The number of hydrogen-bond donors (Lipinski definition) is 0. The molecule has 0 aliphatic heterocycles. The van der Waals surface area contributed by atoms with Gasteiger partial charge in [0.05, 0.1) is 18.8 Å². The van der Waals surface area contributed by atoms with Crippen LogP contribution < -0.4 is 4.74 Å². The minimum atomic E-state index is -0.255. The molecule has 0 spiro atoms. The van der Waals surface area contributed by atoms with Crippen molar-refractivity contribution in [2.45, 2.75) is 39.5 Å². The lowest BCUT2D eigenvalue weighted by Crippen LogP contribution is -2.06. The molecule has 0 unspecified atom stereocenters. The average Bonchev–Trinajstić information content (AvgIpc) is 2.39. The van der Waals surface area contributed by atoms with Gasteiger partial charge in [0, 0.05) is 0 Å². The van der Waals surface area contributed by atoms with Crippen molar-refractivity contribution >= 4 is 5.97 Å². The molecule has 0 amide bonds. The van der Waals surface area contributed by atoms with E-state index in [1.54, 1.807) is 24.3 Å². The highest BCUT2D eigenvalue weighted by atomic mass is 16.5. The van der Waals surface area contributed by atoms with Crippen molar-refractivity contribution in [3.8, 4) is 5.75 Å². The van der Waals surface area contributed by atoms with E-state index in [2.05, 4.69) is 6.92 Å². The molecule has 0 saturated carbocycles. The van der Waals surface area contributed by atoms with E-state index in [1.807, 2.05) is 6.92 Å². The van der Waals surface area contributed by atoms with Crippen LogP contribution in [-0.4, -0.2) is 19.2 Å². The Morgan fingerprint density at radius 1 is 1.06 bits per heavy atom. The molecule has 1 rings (SSSR count). The molecule has 3 nitrogen and oxygen atoms in total. The van der Waals surface area contributed by atoms with Crippen LogP contribution in [0.2, 0.25) is 0 Å². The van der Waals surface area contributed by atoms with Gasteiger partial charge in [0.1, 0.15) is 5.75 Å². The second-order valence-corrected chi connectivity index (χ2v) is 4.15. The van der Waals surface area contributed by atoms with Gasteiger partial charge < -0.3 is 9.47 Å². The molecule has 18 heavy (non-hydrogen) atoms. The Hall–Kier alpha value is -1.51. The van der Waals surface area contributed by atoms with E-state index >= 15 is 0 Å². The van der Waals surface area contributed by atoms with Gasteiger partial charge in [0.2, 0.25) is 0 Å². The van der Waals surface area contributed by atoms with Crippen LogP contribution in [0.1, 0.15) is 49.9 Å². The second kappa shape index (κ2) is 8.56. The number of rotatable bonds is 8. The number of hydrogen-bond acceptors (Lipinski definition) is 3. The number of benzene rings is 1. The number of carbonyl (C=O) groups excluding carboxylic acids is 1. The number of unbranched alkanes of at least 4 members (excludes halogenated alkanes) is 3. The number of ether oxygens (including phenoxy) is 2. The Bertz CT molecular complexity index is 343. The van der Waals surface area contributed by atoms with E-state index in [0.29, 0.717) is 18.8 Å². The predicted octanol–water partition coefficient (Wildman–Crippen LogP) is 3.82. The normalized spacial score (nSPS) is 10.1. The summed E-state index contributed by atoms with van der Waals surface area (Å²) in [4.78, 5) is 11.7. The summed E-state index contributed by atoms with van der Waals surface area (Å²) in [5.41, 5.74) is 0.578. The van der Waals surface area contributed by atoms with E-state index in [0.717, 1.165) is 18.6 Å². The zero-order valence-corrected chi connectivity index (χ0v) is 11.3. The van der Waals surface area contributed by atoms with E-state index in [-0.39, 0.29) is 5.97 Å². The largest absolute Gasteiger partial charge is 0.494 e. The Kier molecular flexibility index (Phi) is 6.92. The van der Waals surface area contributed by atoms with Crippen molar-refractivity contribution in [3.05, 3.63) is 29.8 Å². The molecule has 0 aliphatic carbocycles. The van der Waals surface area contributed by atoms with Crippen molar-refractivity contribution in [2.75, 3.05) is 13.2 Å². The van der Waals surface area contributed by atoms with Crippen LogP contribution in [-0.2, 0) is 4.74 Å². The minimum Gasteiger partial charge on any atom is -0.494 e. The molecule has 0 saturated heterocycles. The maximum atomic E-state index is 11.7. The summed E-state index contributed by atoms with van der Waals surface area (Å²) in [6, 6.07) is 7.05. The second-order valence-electron chi connectivity index (χ2n) is 4.15. The lowest BCUT2D eigenvalue weighted by Gasteiger charge is -2.06. The Morgan fingerprint density at radius 3 is 2.39 bits per heavy atom. The van der Waals surface area contributed by atoms with Crippen molar-refractivity contribution < 1.29 is 14.3 Å². The van der Waals surface area contributed by atoms with Gasteiger partial charge >= 0.3 is 5.97 Å². The standard InChI is InChI=1S/C15H22O3/c1-3-5-6-7-12-18-15(16)13-8-10-14(11-9-13)17-4-2/h8-11H,3-7,12H2,1-2H3. The summed E-state index contributed by atoms with van der Waals surface area (Å²) in [6.07, 6.45) is 4.44. The molecular weight excluding hydrogens is 228 g/mol. The van der Waals surface area contributed by atoms with E-state index in [9.17, 15) is 4.79 Å². The lowest BCUT2D eigenvalue weighted by molar-refractivity contribution is 0.0498. The molecule has 0 N–H and O–H groups in total. The smallest absolute Gasteiger partial charge is 0.338 e. The third-order valence-corrected chi connectivity index (χ3v) is 2.63. The molecule has 0 radical (unpaired) electrons. The third-order valence-electron chi connectivity index (χ3n) is 2.63. The molecule has 0 aromatic heterocycles. The van der Waals surface area contributed by atoms with Crippen molar-refractivity contribution in [3.63, 3.8) is 0 Å². The molecule has 1 aromatic carbocycles. The van der Waals surface area contributed by atoms with Crippen LogP contribution in [0.15, 0.2) is 24.3 Å². The van der Waals surface area contributed by atoms with Gasteiger partial charge in [-0.3, -0.25) is 0 Å². The quantitative estimate of drug-likeness (QED) is 0.519. The molecule has 0 aliphatic rings.